The molecule has 2 N–H and O–H groups in total. The lowest BCUT2D eigenvalue weighted by Gasteiger charge is -2.07. The van der Waals surface area contributed by atoms with E-state index in [4.69, 9.17) is 5.26 Å². The van der Waals surface area contributed by atoms with E-state index in [2.05, 4.69) is 31.5 Å². The number of nitrogens with zero attached hydrogens (tertiary/aromatic N) is 2. The summed E-state index contributed by atoms with van der Waals surface area (Å²) < 4.78 is 0.636. The van der Waals surface area contributed by atoms with Gasteiger partial charge in [-0.25, -0.2) is 9.78 Å². The van der Waals surface area contributed by atoms with Crippen LogP contribution in [0.3, 0.4) is 0 Å². The van der Waals surface area contributed by atoms with Crippen LogP contribution >= 0.6 is 15.9 Å². The Kier molecular flexibility index (Phi) is 4.11. The lowest BCUT2D eigenvalue weighted by molar-refractivity contribution is 0.262. The zero-order chi connectivity index (χ0) is 13.7. The third-order valence-electron chi connectivity index (χ3n) is 2.21. The van der Waals surface area contributed by atoms with Crippen molar-refractivity contribution in [2.24, 2.45) is 0 Å². The Hall–Kier alpha value is -2.39. The number of anilines is 2. The van der Waals surface area contributed by atoms with Gasteiger partial charge in [-0.2, -0.15) is 5.26 Å². The van der Waals surface area contributed by atoms with Crippen molar-refractivity contribution in [1.82, 2.24) is 4.98 Å². The second-order valence-electron chi connectivity index (χ2n) is 3.62. The Morgan fingerprint density at radius 3 is 2.74 bits per heavy atom. The molecule has 0 saturated heterocycles. The molecule has 2 rings (SSSR count). The first-order valence-corrected chi connectivity index (χ1v) is 6.17. The quantitative estimate of drug-likeness (QED) is 0.834. The molecule has 1 aromatic carbocycles. The van der Waals surface area contributed by atoms with Crippen molar-refractivity contribution in [1.29, 1.82) is 5.26 Å². The van der Waals surface area contributed by atoms with E-state index in [-0.39, 0.29) is 0 Å². The summed E-state index contributed by atoms with van der Waals surface area (Å²) in [5.41, 5.74) is 1.03. The van der Waals surface area contributed by atoms with Gasteiger partial charge >= 0.3 is 6.03 Å². The van der Waals surface area contributed by atoms with Crippen LogP contribution in [-0.4, -0.2) is 11.0 Å². The SMILES string of the molecule is N#Cc1cccc(NC(=O)Nc2cccc(Br)n2)c1. The average molecular weight is 317 g/mol. The van der Waals surface area contributed by atoms with Gasteiger partial charge in [0.15, 0.2) is 0 Å². The molecule has 1 heterocycles. The summed E-state index contributed by atoms with van der Waals surface area (Å²) in [5.74, 6) is 0.434. The van der Waals surface area contributed by atoms with Crippen LogP contribution in [0.4, 0.5) is 16.3 Å². The maximum Gasteiger partial charge on any atom is 0.324 e. The number of hydrogen-bond acceptors (Lipinski definition) is 3. The Balaban J connectivity index is 2.03. The molecule has 94 valence electrons. The minimum Gasteiger partial charge on any atom is -0.308 e. The second kappa shape index (κ2) is 5.98. The van der Waals surface area contributed by atoms with Crippen LogP contribution < -0.4 is 10.6 Å². The third kappa shape index (κ3) is 3.79. The summed E-state index contributed by atoms with van der Waals surface area (Å²) in [6.45, 7) is 0. The molecular formula is C13H9BrN4O. The van der Waals surface area contributed by atoms with E-state index >= 15 is 0 Å². The van der Waals surface area contributed by atoms with Crippen LogP contribution in [0.15, 0.2) is 47.1 Å². The number of nitriles is 1. The van der Waals surface area contributed by atoms with Gasteiger partial charge in [0.05, 0.1) is 11.6 Å². The maximum absolute atomic E-state index is 11.7. The molecule has 5 nitrogen and oxygen atoms in total. The van der Waals surface area contributed by atoms with Crippen molar-refractivity contribution < 1.29 is 4.79 Å². The lowest BCUT2D eigenvalue weighted by Crippen LogP contribution is -2.20. The monoisotopic (exact) mass is 316 g/mol. The van der Waals surface area contributed by atoms with Crippen molar-refractivity contribution in [3.63, 3.8) is 0 Å². The highest BCUT2D eigenvalue weighted by atomic mass is 79.9. The Morgan fingerprint density at radius 1 is 1.21 bits per heavy atom. The van der Waals surface area contributed by atoms with Crippen LogP contribution in [0.25, 0.3) is 0 Å². The molecule has 1 aromatic heterocycles. The van der Waals surface area contributed by atoms with Crippen molar-refractivity contribution >= 4 is 33.5 Å². The van der Waals surface area contributed by atoms with E-state index in [0.717, 1.165) is 0 Å². The molecule has 0 spiro atoms. The molecule has 0 aliphatic rings. The Labute approximate surface area is 118 Å². The van der Waals surface area contributed by atoms with Gasteiger partial charge in [-0.3, -0.25) is 5.32 Å². The number of benzene rings is 1. The van der Waals surface area contributed by atoms with Gasteiger partial charge in [-0.15, -0.1) is 0 Å². The second-order valence-corrected chi connectivity index (χ2v) is 4.43. The van der Waals surface area contributed by atoms with Gasteiger partial charge in [0.25, 0.3) is 0 Å². The molecule has 0 unspecified atom stereocenters. The van der Waals surface area contributed by atoms with Crippen LogP contribution in [0, 0.1) is 11.3 Å². The largest absolute Gasteiger partial charge is 0.324 e. The number of halogens is 1. The van der Waals surface area contributed by atoms with Crippen LogP contribution in [0.1, 0.15) is 5.56 Å². The normalized spacial score (nSPS) is 9.47. The van der Waals surface area contributed by atoms with Crippen LogP contribution in [-0.2, 0) is 0 Å². The summed E-state index contributed by atoms with van der Waals surface area (Å²) in [6, 6.07) is 13.5. The summed E-state index contributed by atoms with van der Waals surface area (Å²) >= 11 is 3.22. The zero-order valence-corrected chi connectivity index (χ0v) is 11.3. The third-order valence-corrected chi connectivity index (χ3v) is 2.65. The van der Waals surface area contributed by atoms with E-state index in [0.29, 0.717) is 21.7 Å². The summed E-state index contributed by atoms with van der Waals surface area (Å²) in [6.07, 6.45) is 0. The number of carbonyl (C=O) groups is 1. The predicted molar refractivity (Wildman–Crippen MR) is 75.7 cm³/mol. The maximum atomic E-state index is 11.7. The number of amides is 2. The lowest BCUT2D eigenvalue weighted by atomic mass is 10.2. The topological polar surface area (TPSA) is 77.8 Å². The average Bonchev–Trinajstić information content (AvgIpc) is 2.38. The van der Waals surface area contributed by atoms with Crippen molar-refractivity contribution in [2.75, 3.05) is 10.6 Å². The molecule has 2 aromatic rings. The summed E-state index contributed by atoms with van der Waals surface area (Å²) in [4.78, 5) is 15.8. The smallest absolute Gasteiger partial charge is 0.308 e. The van der Waals surface area contributed by atoms with Crippen molar-refractivity contribution in [3.8, 4) is 6.07 Å². The molecule has 2 amide bonds. The van der Waals surface area contributed by atoms with E-state index in [1.807, 2.05) is 6.07 Å². The van der Waals surface area contributed by atoms with E-state index in [9.17, 15) is 4.79 Å². The highest BCUT2D eigenvalue weighted by Crippen LogP contribution is 2.12. The minimum atomic E-state index is -0.416. The molecule has 0 aliphatic carbocycles. The minimum absolute atomic E-state index is 0.416. The van der Waals surface area contributed by atoms with E-state index < -0.39 is 6.03 Å². The fourth-order valence-electron chi connectivity index (χ4n) is 1.42. The number of carbonyl (C=O) groups excluding carboxylic acids is 1. The van der Waals surface area contributed by atoms with Crippen molar-refractivity contribution in [3.05, 3.63) is 52.6 Å². The van der Waals surface area contributed by atoms with Gasteiger partial charge in [0, 0.05) is 5.69 Å². The summed E-state index contributed by atoms with van der Waals surface area (Å²) in [5, 5.41) is 14.0. The fraction of sp³-hybridized carbons (Fsp3) is 0. The predicted octanol–water partition coefficient (Wildman–Crippen LogP) is 3.36. The Morgan fingerprint density at radius 2 is 2.00 bits per heavy atom. The van der Waals surface area contributed by atoms with E-state index in [1.54, 1.807) is 42.5 Å². The standard InChI is InChI=1S/C13H9BrN4O/c14-11-5-2-6-12(17-11)18-13(19)16-10-4-1-3-9(7-10)8-15/h1-7H,(H2,16,17,18,19). The van der Waals surface area contributed by atoms with Gasteiger partial charge in [0.2, 0.25) is 0 Å². The molecule has 0 fully saturated rings. The highest BCUT2D eigenvalue weighted by molar-refractivity contribution is 9.10. The van der Waals surface area contributed by atoms with Gasteiger partial charge in [-0.05, 0) is 46.3 Å². The number of nitrogens with one attached hydrogen (secondary N) is 2. The fourth-order valence-corrected chi connectivity index (χ4v) is 1.77. The molecule has 0 bridgehead atoms. The van der Waals surface area contributed by atoms with E-state index in [1.165, 1.54) is 0 Å². The molecule has 0 radical (unpaired) electrons. The molecule has 0 saturated carbocycles. The number of urea groups is 1. The summed E-state index contributed by atoms with van der Waals surface area (Å²) in [7, 11) is 0. The van der Waals surface area contributed by atoms with Crippen LogP contribution in [0.5, 0.6) is 0 Å². The zero-order valence-electron chi connectivity index (χ0n) is 9.72. The number of rotatable bonds is 2. The molecule has 6 heteroatoms. The highest BCUT2D eigenvalue weighted by Gasteiger charge is 2.04. The first-order chi connectivity index (χ1) is 9.17. The first-order valence-electron chi connectivity index (χ1n) is 5.38. The number of pyridine rings is 1. The van der Waals surface area contributed by atoms with Gasteiger partial charge < -0.3 is 5.32 Å². The Bertz CT molecular complexity index is 651. The van der Waals surface area contributed by atoms with Crippen LogP contribution in [0.2, 0.25) is 0 Å². The van der Waals surface area contributed by atoms with Gasteiger partial charge in [0.1, 0.15) is 10.4 Å². The molecular weight excluding hydrogens is 308 g/mol. The first kappa shape index (κ1) is 13.1. The molecule has 0 atom stereocenters. The number of hydrogen-bond donors (Lipinski definition) is 2. The molecule has 19 heavy (non-hydrogen) atoms. The van der Waals surface area contributed by atoms with Gasteiger partial charge in [-0.1, -0.05) is 12.1 Å². The van der Waals surface area contributed by atoms with Crippen molar-refractivity contribution in [2.45, 2.75) is 0 Å². The number of aromatic nitrogens is 1. The molecule has 0 aliphatic heterocycles.